The summed E-state index contributed by atoms with van der Waals surface area (Å²) in [7, 11) is 1.66. The summed E-state index contributed by atoms with van der Waals surface area (Å²) in [5.41, 5.74) is 4.32. The molecule has 1 saturated heterocycles. The molecule has 200 valence electrons. The van der Waals surface area contributed by atoms with Gasteiger partial charge in [-0.15, -0.1) is 0 Å². The number of benzene rings is 1. The third-order valence-corrected chi connectivity index (χ3v) is 7.85. The molecule has 2 fully saturated rings. The fourth-order valence-corrected chi connectivity index (χ4v) is 5.82. The molecule has 1 aromatic carbocycles. The van der Waals surface area contributed by atoms with Crippen molar-refractivity contribution >= 4 is 23.0 Å². The Hall–Kier alpha value is -3.40. The summed E-state index contributed by atoms with van der Waals surface area (Å²) in [5, 5.41) is 20.4. The third-order valence-electron chi connectivity index (χ3n) is 7.85. The number of carbonyl (C=O) groups excluding carboxylic acids is 1. The van der Waals surface area contributed by atoms with Crippen LogP contribution in [0.2, 0.25) is 0 Å². The minimum atomic E-state index is -0.321. The predicted molar refractivity (Wildman–Crippen MR) is 144 cm³/mol. The quantitative estimate of drug-likeness (QED) is 0.195. The lowest BCUT2D eigenvalue weighted by atomic mass is 9.76. The van der Waals surface area contributed by atoms with Crippen molar-refractivity contribution in [3.05, 3.63) is 34.2 Å². The van der Waals surface area contributed by atoms with Crippen molar-refractivity contribution < 1.29 is 14.7 Å². The molecule has 2 heterocycles. The van der Waals surface area contributed by atoms with Gasteiger partial charge >= 0.3 is 0 Å². The second-order valence-corrected chi connectivity index (χ2v) is 10.1. The van der Waals surface area contributed by atoms with Gasteiger partial charge in [-0.05, 0) is 69.1 Å². The molecule has 10 nitrogen and oxygen atoms in total. The standard InChI is InChI=1S/C27H38N6O4/c1-4-6-20(28)22-23(29-3)26(35)31-24(30-22)19-15-18(7-8-21(19)37-5-2)33-13-11-27(12-14-33)10-9-17(16-27)25(34)32-36/h7-8,15,17,28-29,36H,4-6,9-14,16H2,1-3H3,(H,32,34)(H,30,31,35). The SMILES string of the molecule is CCCC(=N)c1nc(-c2cc(N3CCC4(CCC(C(=O)NO)C4)CC3)ccc2OCC)[nH]c(=O)c1NC. The van der Waals surface area contributed by atoms with Gasteiger partial charge in [0.25, 0.3) is 5.56 Å². The topological polar surface area (TPSA) is 143 Å². The van der Waals surface area contributed by atoms with Crippen molar-refractivity contribution in [2.75, 3.05) is 37.0 Å². The fraction of sp³-hybridized carbons (Fsp3) is 0.556. The van der Waals surface area contributed by atoms with E-state index in [9.17, 15) is 9.59 Å². The van der Waals surface area contributed by atoms with Gasteiger partial charge in [-0.3, -0.25) is 14.8 Å². The van der Waals surface area contributed by atoms with Crippen LogP contribution in [0.15, 0.2) is 23.0 Å². The van der Waals surface area contributed by atoms with Crippen molar-refractivity contribution in [3.63, 3.8) is 0 Å². The Morgan fingerprint density at radius 3 is 2.70 bits per heavy atom. The van der Waals surface area contributed by atoms with Crippen LogP contribution < -0.4 is 26.0 Å². The average Bonchev–Trinajstić information content (AvgIpc) is 3.32. The number of H-pyrrole nitrogens is 1. The van der Waals surface area contributed by atoms with E-state index in [0.717, 1.165) is 57.3 Å². The van der Waals surface area contributed by atoms with Gasteiger partial charge in [-0.2, -0.15) is 0 Å². The molecule has 5 N–H and O–H groups in total. The molecule has 1 saturated carbocycles. The molecule has 1 atom stereocenters. The maximum absolute atomic E-state index is 12.9. The third kappa shape index (κ3) is 5.49. The van der Waals surface area contributed by atoms with E-state index in [1.807, 2.05) is 37.5 Å². The Bertz CT molecular complexity index is 1200. The number of aromatic amines is 1. The van der Waals surface area contributed by atoms with Gasteiger partial charge in [0.1, 0.15) is 23.0 Å². The number of amides is 1. The van der Waals surface area contributed by atoms with Gasteiger partial charge < -0.3 is 25.3 Å². The van der Waals surface area contributed by atoms with Crippen molar-refractivity contribution in [3.8, 4) is 17.1 Å². The molecule has 1 amide bonds. The summed E-state index contributed by atoms with van der Waals surface area (Å²) in [6, 6.07) is 5.95. The van der Waals surface area contributed by atoms with Gasteiger partial charge in [0.2, 0.25) is 5.91 Å². The van der Waals surface area contributed by atoms with Gasteiger partial charge in [0.05, 0.1) is 17.9 Å². The molecule has 0 radical (unpaired) electrons. The van der Waals surface area contributed by atoms with E-state index in [0.29, 0.717) is 47.3 Å². The number of piperidine rings is 1. The smallest absolute Gasteiger partial charge is 0.275 e. The average molecular weight is 511 g/mol. The summed E-state index contributed by atoms with van der Waals surface area (Å²) in [4.78, 5) is 34.8. The predicted octanol–water partition coefficient (Wildman–Crippen LogP) is 3.94. The Balaban J connectivity index is 1.62. The van der Waals surface area contributed by atoms with Crippen LogP contribution in [0.25, 0.3) is 11.4 Å². The number of anilines is 2. The second-order valence-electron chi connectivity index (χ2n) is 10.1. The molecular weight excluding hydrogens is 472 g/mol. The highest BCUT2D eigenvalue weighted by molar-refractivity contribution is 6.01. The molecule has 2 aromatic rings. The largest absolute Gasteiger partial charge is 0.493 e. The van der Waals surface area contributed by atoms with Crippen molar-refractivity contribution in [1.82, 2.24) is 15.4 Å². The molecule has 2 aliphatic rings. The summed E-state index contributed by atoms with van der Waals surface area (Å²) in [6.45, 7) is 6.09. The molecule has 37 heavy (non-hydrogen) atoms. The zero-order valence-corrected chi connectivity index (χ0v) is 21.9. The Labute approximate surface area is 217 Å². The summed E-state index contributed by atoms with van der Waals surface area (Å²) < 4.78 is 5.89. The first-order chi connectivity index (χ1) is 17.8. The Kier molecular flexibility index (Phi) is 8.16. The molecular formula is C27H38N6O4. The van der Waals surface area contributed by atoms with Gasteiger partial charge in [0, 0.05) is 31.7 Å². The van der Waals surface area contributed by atoms with Crippen LogP contribution in [0.4, 0.5) is 11.4 Å². The molecule has 4 rings (SSSR count). The van der Waals surface area contributed by atoms with E-state index in [1.165, 1.54) is 0 Å². The lowest BCUT2D eigenvalue weighted by Crippen LogP contribution is -2.39. The van der Waals surface area contributed by atoms with Crippen molar-refractivity contribution in [1.29, 1.82) is 5.41 Å². The molecule has 1 aromatic heterocycles. The van der Waals surface area contributed by atoms with Gasteiger partial charge in [-0.25, -0.2) is 10.5 Å². The van der Waals surface area contributed by atoms with Crippen LogP contribution in [0, 0.1) is 16.7 Å². The number of nitrogens with zero attached hydrogens (tertiary/aromatic N) is 2. The number of ether oxygens (including phenoxy) is 1. The first kappa shape index (κ1) is 26.7. The van der Waals surface area contributed by atoms with Crippen LogP contribution in [0.1, 0.15) is 64.5 Å². The number of nitrogens with one attached hydrogen (secondary N) is 4. The summed E-state index contributed by atoms with van der Waals surface area (Å²) in [6.07, 6.45) is 5.91. The number of carbonyl (C=O) groups is 1. The molecule has 10 heteroatoms. The Morgan fingerprint density at radius 2 is 2.05 bits per heavy atom. The fourth-order valence-electron chi connectivity index (χ4n) is 5.82. The van der Waals surface area contributed by atoms with E-state index in [4.69, 9.17) is 20.3 Å². The van der Waals surface area contributed by atoms with Crippen molar-refractivity contribution in [2.24, 2.45) is 11.3 Å². The molecule has 1 aliphatic carbocycles. The van der Waals surface area contributed by atoms with Crippen LogP contribution in [-0.2, 0) is 4.79 Å². The highest BCUT2D eigenvalue weighted by Gasteiger charge is 2.43. The minimum Gasteiger partial charge on any atom is -0.493 e. The van der Waals surface area contributed by atoms with Crippen LogP contribution in [-0.4, -0.2) is 53.5 Å². The first-order valence-electron chi connectivity index (χ1n) is 13.2. The number of hydroxylamine groups is 1. The van der Waals surface area contributed by atoms with Crippen LogP contribution in [0.3, 0.4) is 0 Å². The maximum atomic E-state index is 12.9. The van der Waals surface area contributed by atoms with Crippen LogP contribution >= 0.6 is 0 Å². The Morgan fingerprint density at radius 1 is 1.30 bits per heavy atom. The second kappa shape index (κ2) is 11.3. The van der Waals surface area contributed by atoms with Crippen LogP contribution in [0.5, 0.6) is 5.75 Å². The number of rotatable bonds is 9. The minimum absolute atomic E-state index is 0.113. The lowest BCUT2D eigenvalue weighted by molar-refractivity contribution is -0.133. The first-order valence-corrected chi connectivity index (χ1v) is 13.2. The molecule has 1 spiro atoms. The zero-order chi connectivity index (χ0) is 26.6. The maximum Gasteiger partial charge on any atom is 0.275 e. The number of aromatic nitrogens is 2. The summed E-state index contributed by atoms with van der Waals surface area (Å²) >= 11 is 0. The highest BCUT2D eigenvalue weighted by atomic mass is 16.5. The molecule has 1 aliphatic heterocycles. The van der Waals surface area contributed by atoms with Gasteiger partial charge in [0.15, 0.2) is 0 Å². The highest BCUT2D eigenvalue weighted by Crippen LogP contribution is 2.49. The van der Waals surface area contributed by atoms with E-state index < -0.39 is 0 Å². The van der Waals surface area contributed by atoms with E-state index in [-0.39, 0.29) is 22.8 Å². The molecule has 0 bridgehead atoms. The van der Waals surface area contributed by atoms with E-state index in [1.54, 1.807) is 7.05 Å². The van der Waals surface area contributed by atoms with E-state index in [2.05, 4.69) is 15.2 Å². The zero-order valence-electron chi connectivity index (χ0n) is 21.9. The number of hydrogen-bond acceptors (Lipinski definition) is 8. The summed E-state index contributed by atoms with van der Waals surface area (Å²) in [5.74, 6) is 0.624. The number of hydrogen-bond donors (Lipinski definition) is 5. The van der Waals surface area contributed by atoms with Gasteiger partial charge in [-0.1, -0.05) is 13.3 Å². The van der Waals surface area contributed by atoms with Crippen molar-refractivity contribution in [2.45, 2.75) is 58.8 Å². The van der Waals surface area contributed by atoms with E-state index >= 15 is 0 Å². The molecule has 1 unspecified atom stereocenters. The lowest BCUT2D eigenvalue weighted by Gasteiger charge is -2.40. The normalized spacial score (nSPS) is 18.6. The monoisotopic (exact) mass is 510 g/mol.